The number of likely N-dealkylation sites (N-methyl/N-ethyl adjacent to an activating group) is 1. The molecule has 0 aliphatic rings. The molecule has 1 aromatic heterocycles. The Morgan fingerprint density at radius 3 is 2.78 bits per heavy atom. The van der Waals surface area contributed by atoms with Gasteiger partial charge in [0, 0.05) is 12.5 Å². The zero-order valence-electron chi connectivity index (χ0n) is 11.4. The van der Waals surface area contributed by atoms with E-state index in [2.05, 4.69) is 24.1 Å². The first-order valence-corrected chi connectivity index (χ1v) is 6.76. The number of hydrogen-bond donors (Lipinski definition) is 1. The van der Waals surface area contributed by atoms with Crippen LogP contribution in [0.5, 0.6) is 0 Å². The van der Waals surface area contributed by atoms with Crippen molar-refractivity contribution in [3.8, 4) is 0 Å². The third kappa shape index (κ3) is 2.91. The van der Waals surface area contributed by atoms with Crippen molar-refractivity contribution in [2.75, 3.05) is 7.05 Å². The van der Waals surface area contributed by atoms with Crippen molar-refractivity contribution in [2.45, 2.75) is 39.2 Å². The molecule has 0 saturated heterocycles. The highest BCUT2D eigenvalue weighted by molar-refractivity contribution is 5.72. The Morgan fingerprint density at radius 2 is 2.11 bits per heavy atom. The van der Waals surface area contributed by atoms with Crippen molar-refractivity contribution in [3.63, 3.8) is 0 Å². The van der Waals surface area contributed by atoms with Gasteiger partial charge in [-0.1, -0.05) is 32.4 Å². The van der Waals surface area contributed by atoms with Gasteiger partial charge in [0.2, 0.25) is 0 Å². The van der Waals surface area contributed by atoms with Crippen molar-refractivity contribution in [3.05, 3.63) is 30.2 Å². The van der Waals surface area contributed by atoms with E-state index in [0.717, 1.165) is 23.4 Å². The van der Waals surface area contributed by atoms with E-state index in [-0.39, 0.29) is 0 Å². The monoisotopic (exact) mass is 246 g/mol. The molecule has 0 spiro atoms. The molecule has 0 bridgehead atoms. The highest BCUT2D eigenvalue weighted by Gasteiger charge is 2.18. The normalized spacial score (nSPS) is 14.8. The van der Waals surface area contributed by atoms with E-state index < -0.39 is 0 Å². The lowest BCUT2D eigenvalue weighted by Crippen LogP contribution is -2.34. The van der Waals surface area contributed by atoms with E-state index in [0.29, 0.717) is 12.0 Å². The molecule has 2 atom stereocenters. The minimum absolute atomic E-state index is 0.429. The predicted octanol–water partition coefficient (Wildman–Crippen LogP) is 3.39. The van der Waals surface area contributed by atoms with Crippen LogP contribution >= 0.6 is 0 Å². The second-order valence-electron chi connectivity index (χ2n) is 4.94. The lowest BCUT2D eigenvalue weighted by atomic mass is 9.94. The van der Waals surface area contributed by atoms with Gasteiger partial charge in [0.05, 0.1) is 0 Å². The second-order valence-corrected chi connectivity index (χ2v) is 4.94. The van der Waals surface area contributed by atoms with E-state index in [1.54, 1.807) is 0 Å². The highest BCUT2D eigenvalue weighted by atomic mass is 16.3. The first-order chi connectivity index (χ1) is 8.74. The van der Waals surface area contributed by atoms with Crippen molar-refractivity contribution in [2.24, 2.45) is 5.92 Å². The van der Waals surface area contributed by atoms with Crippen LogP contribution < -0.4 is 5.32 Å². The molecule has 1 N–H and O–H groups in total. The third-order valence-corrected chi connectivity index (χ3v) is 3.53. The fourth-order valence-corrected chi connectivity index (χ4v) is 2.44. The van der Waals surface area contributed by atoms with Gasteiger partial charge in [-0.2, -0.15) is 0 Å². The third-order valence-electron chi connectivity index (χ3n) is 3.53. The van der Waals surface area contributed by atoms with Gasteiger partial charge in [0.1, 0.15) is 5.52 Å². The summed E-state index contributed by atoms with van der Waals surface area (Å²) in [5.41, 5.74) is 1.83. The van der Waals surface area contributed by atoms with Crippen molar-refractivity contribution in [1.29, 1.82) is 0 Å². The number of nitrogens with zero attached hydrogens (tertiary/aromatic N) is 1. The molecule has 2 aromatic rings. The van der Waals surface area contributed by atoms with Gasteiger partial charge in [0.25, 0.3) is 0 Å². The van der Waals surface area contributed by atoms with Gasteiger partial charge < -0.3 is 9.73 Å². The van der Waals surface area contributed by atoms with Crippen LogP contribution in [0.25, 0.3) is 11.1 Å². The van der Waals surface area contributed by atoms with Gasteiger partial charge in [-0.3, -0.25) is 0 Å². The first-order valence-electron chi connectivity index (χ1n) is 6.76. The molecule has 2 unspecified atom stereocenters. The van der Waals surface area contributed by atoms with Gasteiger partial charge in [-0.05, 0) is 31.5 Å². The molecule has 0 amide bonds. The van der Waals surface area contributed by atoms with Gasteiger partial charge >= 0.3 is 0 Å². The van der Waals surface area contributed by atoms with Gasteiger partial charge in [0.15, 0.2) is 11.5 Å². The summed E-state index contributed by atoms with van der Waals surface area (Å²) >= 11 is 0. The molecule has 1 aromatic carbocycles. The van der Waals surface area contributed by atoms with E-state index >= 15 is 0 Å². The van der Waals surface area contributed by atoms with Crippen molar-refractivity contribution < 1.29 is 4.42 Å². The molecular formula is C15H22N2O. The minimum atomic E-state index is 0.429. The molecule has 3 heteroatoms. The fraction of sp³-hybridized carbons (Fsp3) is 0.533. The van der Waals surface area contributed by atoms with Crippen LogP contribution in [0.4, 0.5) is 0 Å². The summed E-state index contributed by atoms with van der Waals surface area (Å²) in [5, 5.41) is 3.38. The lowest BCUT2D eigenvalue weighted by Gasteiger charge is -2.21. The number of hydrogen-bond acceptors (Lipinski definition) is 3. The molecule has 98 valence electrons. The Morgan fingerprint density at radius 1 is 1.33 bits per heavy atom. The molecular weight excluding hydrogens is 224 g/mol. The zero-order chi connectivity index (χ0) is 13.0. The molecule has 1 heterocycles. The van der Waals surface area contributed by atoms with E-state index in [9.17, 15) is 0 Å². The van der Waals surface area contributed by atoms with Crippen LogP contribution in [0.3, 0.4) is 0 Å². The minimum Gasteiger partial charge on any atom is -0.441 e. The summed E-state index contributed by atoms with van der Waals surface area (Å²) in [7, 11) is 2.01. The SMILES string of the molecule is CCCC(C)C(Cc1nc2ccccc2o1)NC. The Bertz CT molecular complexity index is 459. The van der Waals surface area contributed by atoms with E-state index in [4.69, 9.17) is 4.42 Å². The van der Waals surface area contributed by atoms with Crippen LogP contribution in [-0.4, -0.2) is 18.1 Å². The topological polar surface area (TPSA) is 38.1 Å². The number of rotatable bonds is 6. The molecule has 0 aliphatic heterocycles. The predicted molar refractivity (Wildman–Crippen MR) is 74.6 cm³/mol. The fourth-order valence-electron chi connectivity index (χ4n) is 2.44. The number of aromatic nitrogens is 1. The zero-order valence-corrected chi connectivity index (χ0v) is 11.4. The number of para-hydroxylation sites is 2. The van der Waals surface area contributed by atoms with Crippen molar-refractivity contribution in [1.82, 2.24) is 10.3 Å². The molecule has 3 nitrogen and oxygen atoms in total. The Balaban J connectivity index is 2.11. The maximum Gasteiger partial charge on any atom is 0.197 e. The molecule has 0 aliphatic carbocycles. The van der Waals surface area contributed by atoms with Gasteiger partial charge in [-0.15, -0.1) is 0 Å². The summed E-state index contributed by atoms with van der Waals surface area (Å²) in [6.45, 7) is 4.51. The summed E-state index contributed by atoms with van der Waals surface area (Å²) in [4.78, 5) is 4.54. The average molecular weight is 246 g/mol. The molecule has 18 heavy (non-hydrogen) atoms. The first kappa shape index (κ1) is 13.1. The average Bonchev–Trinajstić information content (AvgIpc) is 2.78. The van der Waals surface area contributed by atoms with Crippen LogP contribution in [0.1, 0.15) is 32.6 Å². The van der Waals surface area contributed by atoms with Gasteiger partial charge in [-0.25, -0.2) is 4.98 Å². The van der Waals surface area contributed by atoms with E-state index in [1.165, 1.54) is 12.8 Å². The van der Waals surface area contributed by atoms with Crippen LogP contribution in [0.2, 0.25) is 0 Å². The maximum absolute atomic E-state index is 5.78. The Labute approximate surface area is 109 Å². The second kappa shape index (κ2) is 6.01. The Kier molecular flexibility index (Phi) is 4.37. The Hall–Kier alpha value is -1.35. The molecule has 0 radical (unpaired) electrons. The summed E-state index contributed by atoms with van der Waals surface area (Å²) < 4.78 is 5.78. The quantitative estimate of drug-likeness (QED) is 0.849. The van der Waals surface area contributed by atoms with Crippen molar-refractivity contribution >= 4 is 11.1 Å². The number of benzene rings is 1. The maximum atomic E-state index is 5.78. The molecule has 0 fully saturated rings. The van der Waals surface area contributed by atoms with Crippen LogP contribution in [-0.2, 0) is 6.42 Å². The lowest BCUT2D eigenvalue weighted by molar-refractivity contribution is 0.348. The smallest absolute Gasteiger partial charge is 0.197 e. The number of oxazole rings is 1. The molecule has 0 saturated carbocycles. The standard InChI is InChI=1S/C15H22N2O/c1-4-7-11(2)13(16-3)10-15-17-12-8-5-6-9-14(12)18-15/h5-6,8-9,11,13,16H,4,7,10H2,1-3H3. The van der Waals surface area contributed by atoms with Crippen LogP contribution in [0.15, 0.2) is 28.7 Å². The largest absolute Gasteiger partial charge is 0.441 e. The van der Waals surface area contributed by atoms with Crippen LogP contribution in [0, 0.1) is 5.92 Å². The number of fused-ring (bicyclic) bond motifs is 1. The number of nitrogens with one attached hydrogen (secondary N) is 1. The summed E-state index contributed by atoms with van der Waals surface area (Å²) in [5.74, 6) is 1.47. The van der Waals surface area contributed by atoms with E-state index in [1.807, 2.05) is 31.3 Å². The summed E-state index contributed by atoms with van der Waals surface area (Å²) in [6, 6.07) is 8.36. The molecule has 2 rings (SSSR count). The summed E-state index contributed by atoms with van der Waals surface area (Å²) in [6.07, 6.45) is 3.30. The highest BCUT2D eigenvalue weighted by Crippen LogP contribution is 2.19.